The van der Waals surface area contributed by atoms with Gasteiger partial charge >= 0.3 is 0 Å². The number of hydrogen-bond acceptors (Lipinski definition) is 7. The summed E-state index contributed by atoms with van der Waals surface area (Å²) >= 11 is 0. The smallest absolute Gasteiger partial charge is 0.272 e. The largest absolute Gasteiger partial charge is 0.496 e. The molecule has 2 heterocycles. The number of carbonyl (C=O) groups excluding carboxylic acids is 2. The van der Waals surface area contributed by atoms with Crippen molar-refractivity contribution in [3.8, 4) is 22.8 Å². The number of hydrogen-bond donors (Lipinski definition) is 2. The van der Waals surface area contributed by atoms with Gasteiger partial charge in [0.15, 0.2) is 5.69 Å². The maximum atomic E-state index is 13.6. The lowest BCUT2D eigenvalue weighted by Gasteiger charge is -2.28. The van der Waals surface area contributed by atoms with Crippen molar-refractivity contribution < 1.29 is 23.8 Å². The Balaban J connectivity index is 1.88. The van der Waals surface area contributed by atoms with Crippen LogP contribution >= 0.6 is 0 Å². The van der Waals surface area contributed by atoms with E-state index in [4.69, 9.17) is 19.3 Å². The standard InChI is InChI=1S/C30H47N5O5/c1-21(2)22(3)35-25(29-26(39-5)11-10-12-27(29)40-6)20-24(33-35)30(37)32-23(19-28(36)31-14-18-38-4)13-17-34-15-8-7-9-16-34/h10-12,20-23H,7-9,13-19H2,1-6H3,(H,31,36)(H,32,37)/t22?,23-/m0/s1. The molecule has 1 aliphatic rings. The Morgan fingerprint density at radius 3 is 2.30 bits per heavy atom. The van der Waals surface area contributed by atoms with Gasteiger partial charge < -0.3 is 29.7 Å². The van der Waals surface area contributed by atoms with Gasteiger partial charge in [0.25, 0.3) is 5.91 Å². The van der Waals surface area contributed by atoms with Gasteiger partial charge in [0.2, 0.25) is 5.91 Å². The lowest BCUT2D eigenvalue weighted by molar-refractivity contribution is -0.121. The molecule has 0 bridgehead atoms. The van der Waals surface area contributed by atoms with Gasteiger partial charge in [-0.25, -0.2) is 0 Å². The summed E-state index contributed by atoms with van der Waals surface area (Å²) in [5.74, 6) is 1.12. The third-order valence-corrected chi connectivity index (χ3v) is 7.64. The minimum absolute atomic E-state index is 0.00706. The minimum atomic E-state index is -0.325. The molecule has 1 aliphatic heterocycles. The Morgan fingerprint density at radius 1 is 1.02 bits per heavy atom. The van der Waals surface area contributed by atoms with Crippen molar-refractivity contribution in [3.63, 3.8) is 0 Å². The van der Waals surface area contributed by atoms with E-state index in [0.717, 1.165) is 30.9 Å². The molecule has 2 amide bonds. The number of piperidine rings is 1. The van der Waals surface area contributed by atoms with Crippen molar-refractivity contribution in [1.29, 1.82) is 0 Å². The van der Waals surface area contributed by atoms with Crippen LogP contribution in [-0.2, 0) is 9.53 Å². The number of likely N-dealkylation sites (tertiary alicyclic amines) is 1. The van der Waals surface area contributed by atoms with E-state index in [0.29, 0.717) is 36.8 Å². The van der Waals surface area contributed by atoms with Gasteiger partial charge in [0.1, 0.15) is 11.5 Å². The van der Waals surface area contributed by atoms with Crippen molar-refractivity contribution in [2.75, 3.05) is 54.1 Å². The lowest BCUT2D eigenvalue weighted by atomic mass is 10.0. The van der Waals surface area contributed by atoms with Gasteiger partial charge in [-0.1, -0.05) is 26.3 Å². The van der Waals surface area contributed by atoms with Crippen LogP contribution in [-0.4, -0.2) is 86.7 Å². The van der Waals surface area contributed by atoms with E-state index in [-0.39, 0.29) is 36.2 Å². The maximum absolute atomic E-state index is 13.6. The van der Waals surface area contributed by atoms with Crippen LogP contribution in [0.2, 0.25) is 0 Å². The number of rotatable bonds is 15. The molecule has 40 heavy (non-hydrogen) atoms. The van der Waals surface area contributed by atoms with Crippen LogP contribution in [0.25, 0.3) is 11.3 Å². The predicted molar refractivity (Wildman–Crippen MR) is 156 cm³/mol. The quantitative estimate of drug-likeness (QED) is 0.320. The van der Waals surface area contributed by atoms with Crippen molar-refractivity contribution in [1.82, 2.24) is 25.3 Å². The highest BCUT2D eigenvalue weighted by atomic mass is 16.5. The molecule has 1 unspecified atom stereocenters. The van der Waals surface area contributed by atoms with E-state index in [2.05, 4.69) is 36.3 Å². The molecule has 1 aromatic heterocycles. The Bertz CT molecular complexity index is 1070. The second-order valence-corrected chi connectivity index (χ2v) is 10.8. The summed E-state index contributed by atoms with van der Waals surface area (Å²) < 4.78 is 18.3. The Labute approximate surface area is 238 Å². The maximum Gasteiger partial charge on any atom is 0.272 e. The van der Waals surface area contributed by atoms with Gasteiger partial charge in [0, 0.05) is 32.7 Å². The normalized spacial score (nSPS) is 15.5. The number of aromatic nitrogens is 2. The zero-order chi connectivity index (χ0) is 29.1. The molecule has 0 radical (unpaired) electrons. The van der Waals surface area contributed by atoms with Gasteiger partial charge in [-0.15, -0.1) is 0 Å². The molecule has 0 spiro atoms. The first kappa shape index (κ1) is 31.4. The van der Waals surface area contributed by atoms with Crippen LogP contribution in [0.5, 0.6) is 11.5 Å². The zero-order valence-corrected chi connectivity index (χ0v) is 25.0. The van der Waals surface area contributed by atoms with Crippen molar-refractivity contribution in [2.45, 2.75) is 65.0 Å². The molecule has 2 aromatic rings. The fourth-order valence-electron chi connectivity index (χ4n) is 4.98. The summed E-state index contributed by atoms with van der Waals surface area (Å²) in [4.78, 5) is 28.7. The molecule has 10 heteroatoms. The highest BCUT2D eigenvalue weighted by Crippen LogP contribution is 2.40. The number of nitrogens with zero attached hydrogens (tertiary/aromatic N) is 3. The summed E-state index contributed by atoms with van der Waals surface area (Å²) in [6, 6.07) is 7.07. The number of benzene rings is 1. The highest BCUT2D eigenvalue weighted by molar-refractivity contribution is 5.94. The van der Waals surface area contributed by atoms with Crippen LogP contribution < -0.4 is 20.1 Å². The van der Waals surface area contributed by atoms with E-state index in [1.54, 1.807) is 27.4 Å². The summed E-state index contributed by atoms with van der Waals surface area (Å²) in [6.07, 6.45) is 4.51. The monoisotopic (exact) mass is 557 g/mol. The van der Waals surface area contributed by atoms with Gasteiger partial charge in [-0.2, -0.15) is 5.10 Å². The van der Waals surface area contributed by atoms with E-state index in [9.17, 15) is 9.59 Å². The molecular weight excluding hydrogens is 510 g/mol. The number of amides is 2. The topological polar surface area (TPSA) is 107 Å². The van der Waals surface area contributed by atoms with Crippen LogP contribution in [0.15, 0.2) is 24.3 Å². The second-order valence-electron chi connectivity index (χ2n) is 10.8. The summed E-state index contributed by atoms with van der Waals surface area (Å²) in [6.45, 7) is 10.1. The van der Waals surface area contributed by atoms with Crippen molar-refractivity contribution >= 4 is 11.8 Å². The molecule has 0 aliphatic carbocycles. The van der Waals surface area contributed by atoms with Gasteiger partial charge in [-0.05, 0) is 63.4 Å². The van der Waals surface area contributed by atoms with E-state index in [1.807, 2.05) is 22.9 Å². The molecule has 222 valence electrons. The van der Waals surface area contributed by atoms with Crippen LogP contribution in [0.3, 0.4) is 0 Å². The van der Waals surface area contributed by atoms with Gasteiger partial charge in [-0.3, -0.25) is 14.3 Å². The molecule has 2 atom stereocenters. The summed E-state index contributed by atoms with van der Waals surface area (Å²) in [5, 5.41) is 10.8. The molecule has 1 aromatic carbocycles. The van der Waals surface area contributed by atoms with Crippen molar-refractivity contribution in [3.05, 3.63) is 30.0 Å². The van der Waals surface area contributed by atoms with Gasteiger partial charge in [0.05, 0.1) is 38.1 Å². The third kappa shape index (κ3) is 8.44. The second kappa shape index (κ2) is 15.6. The fourth-order valence-corrected chi connectivity index (χ4v) is 4.98. The molecule has 3 rings (SSSR count). The van der Waals surface area contributed by atoms with E-state index in [1.165, 1.54) is 19.3 Å². The first-order chi connectivity index (χ1) is 19.3. The SMILES string of the molecule is COCCNC(=O)C[C@H](CCN1CCCCC1)NC(=O)c1cc(-c2c(OC)cccc2OC)n(C(C)C(C)C)n1. The number of methoxy groups -OCH3 is 3. The fraction of sp³-hybridized carbons (Fsp3) is 0.633. The summed E-state index contributed by atoms with van der Waals surface area (Å²) in [7, 11) is 4.83. The molecule has 1 fully saturated rings. The highest BCUT2D eigenvalue weighted by Gasteiger charge is 2.26. The summed E-state index contributed by atoms with van der Waals surface area (Å²) in [5.41, 5.74) is 1.77. The number of nitrogens with one attached hydrogen (secondary N) is 2. The average molecular weight is 558 g/mol. The Kier molecular flexibility index (Phi) is 12.3. The minimum Gasteiger partial charge on any atom is -0.496 e. The predicted octanol–water partition coefficient (Wildman–Crippen LogP) is 3.91. The molecular formula is C30H47N5O5. The van der Waals surface area contributed by atoms with E-state index >= 15 is 0 Å². The van der Waals surface area contributed by atoms with Crippen LogP contribution in [0.1, 0.15) is 69.4 Å². The molecule has 10 nitrogen and oxygen atoms in total. The first-order valence-corrected chi connectivity index (χ1v) is 14.4. The van der Waals surface area contributed by atoms with Crippen LogP contribution in [0, 0.1) is 5.92 Å². The lowest BCUT2D eigenvalue weighted by Crippen LogP contribution is -2.42. The van der Waals surface area contributed by atoms with Crippen LogP contribution in [0.4, 0.5) is 0 Å². The third-order valence-electron chi connectivity index (χ3n) is 7.64. The Morgan fingerprint density at radius 2 is 1.70 bits per heavy atom. The molecule has 2 N–H and O–H groups in total. The van der Waals surface area contributed by atoms with Crippen molar-refractivity contribution in [2.24, 2.45) is 5.92 Å². The number of carbonyl (C=O) groups is 2. The zero-order valence-electron chi connectivity index (χ0n) is 25.0. The first-order valence-electron chi connectivity index (χ1n) is 14.4. The Hall–Kier alpha value is -3.11. The number of ether oxygens (including phenoxy) is 3. The molecule has 1 saturated heterocycles. The molecule has 0 saturated carbocycles. The average Bonchev–Trinajstić information content (AvgIpc) is 3.40. The van der Waals surface area contributed by atoms with E-state index < -0.39 is 0 Å².